The van der Waals surface area contributed by atoms with E-state index >= 15 is 0 Å². The molecule has 0 N–H and O–H groups in total. The van der Waals surface area contributed by atoms with Crippen molar-refractivity contribution in [1.29, 1.82) is 0 Å². The van der Waals surface area contributed by atoms with E-state index in [-0.39, 0.29) is 36.5 Å². The molecule has 0 bridgehead atoms. The molecule has 1 fully saturated rings. The fraction of sp³-hybridized carbons (Fsp3) is 0.250. The molecule has 0 saturated heterocycles. The first-order valence-electron chi connectivity index (χ1n) is 24.0. The Labute approximate surface area is 378 Å². The van der Waals surface area contributed by atoms with Gasteiger partial charge < -0.3 is 14.4 Å². The molecular formula is C56H52IrN2O-2. The van der Waals surface area contributed by atoms with Crippen LogP contribution in [0, 0.1) is 31.3 Å². The second-order valence-electron chi connectivity index (χ2n) is 17.7. The zero-order valence-electron chi connectivity index (χ0n) is 41.7. The van der Waals surface area contributed by atoms with E-state index in [1.807, 2.05) is 66.7 Å². The maximum atomic E-state index is 9.41. The molecule has 10 rings (SSSR count). The molecule has 9 aromatic rings. The Morgan fingerprint density at radius 1 is 0.733 bits per heavy atom. The van der Waals surface area contributed by atoms with Gasteiger partial charge in [-0.05, 0) is 123 Å². The molecule has 3 aromatic heterocycles. The van der Waals surface area contributed by atoms with Gasteiger partial charge in [-0.15, -0.1) is 47.5 Å². The molecule has 4 heteroatoms. The predicted octanol–water partition coefficient (Wildman–Crippen LogP) is 15.6. The van der Waals surface area contributed by atoms with E-state index in [4.69, 9.17) is 12.6 Å². The summed E-state index contributed by atoms with van der Waals surface area (Å²) in [7, 11) is 0. The van der Waals surface area contributed by atoms with Gasteiger partial charge in [-0.1, -0.05) is 137 Å². The number of fused-ring (bicyclic) bond motifs is 6. The van der Waals surface area contributed by atoms with Gasteiger partial charge in [-0.2, -0.15) is 0 Å². The van der Waals surface area contributed by atoms with Crippen molar-refractivity contribution < 1.29 is 34.1 Å². The number of rotatable bonds is 4. The first kappa shape index (κ1) is 33.3. The predicted molar refractivity (Wildman–Crippen MR) is 248 cm³/mol. The number of benzene rings is 6. The molecule has 1 radical (unpaired) electrons. The third-order valence-electron chi connectivity index (χ3n) is 12.0. The Morgan fingerprint density at radius 2 is 1.50 bits per heavy atom. The Balaban J connectivity index is 0.000000196. The summed E-state index contributed by atoms with van der Waals surface area (Å²) in [6.07, 6.45) is 6.23. The Kier molecular flexibility index (Phi) is 9.20. The maximum Gasteiger partial charge on any atom is 0.121 e. The minimum Gasteiger partial charge on any atom is -0.501 e. The van der Waals surface area contributed by atoms with Crippen molar-refractivity contribution in [2.45, 2.75) is 85.3 Å². The second kappa shape index (κ2) is 16.6. The number of pyridine rings is 2. The minimum absolute atomic E-state index is 0. The summed E-state index contributed by atoms with van der Waals surface area (Å²) < 4.78 is 64.0. The Morgan fingerprint density at radius 3 is 2.28 bits per heavy atom. The van der Waals surface area contributed by atoms with Crippen LogP contribution in [0.25, 0.3) is 77.1 Å². The summed E-state index contributed by atoms with van der Waals surface area (Å²) in [6, 6.07) is 46.2. The van der Waals surface area contributed by atoms with E-state index in [1.54, 1.807) is 12.3 Å². The van der Waals surface area contributed by atoms with E-state index in [0.29, 0.717) is 46.4 Å². The van der Waals surface area contributed by atoms with Crippen LogP contribution in [0.2, 0.25) is 0 Å². The molecule has 0 aliphatic heterocycles. The van der Waals surface area contributed by atoms with Crippen molar-refractivity contribution >= 4 is 43.5 Å². The molecule has 0 amide bonds. The first-order chi connectivity index (χ1) is 31.2. The van der Waals surface area contributed by atoms with E-state index in [9.17, 15) is 1.37 Å². The van der Waals surface area contributed by atoms with Crippen molar-refractivity contribution in [3.8, 4) is 33.6 Å². The quantitative estimate of drug-likeness (QED) is 0.130. The molecule has 1 saturated carbocycles. The third-order valence-corrected chi connectivity index (χ3v) is 12.0. The molecule has 1 aliphatic carbocycles. The van der Waals surface area contributed by atoms with Gasteiger partial charge in [-0.3, -0.25) is 0 Å². The fourth-order valence-corrected chi connectivity index (χ4v) is 8.36. The van der Waals surface area contributed by atoms with Crippen LogP contribution in [0.5, 0.6) is 0 Å². The minimum atomic E-state index is -2.35. The van der Waals surface area contributed by atoms with Gasteiger partial charge in [0.05, 0.1) is 5.58 Å². The molecule has 0 unspecified atom stereocenters. The number of aromatic nitrogens is 2. The van der Waals surface area contributed by atoms with Gasteiger partial charge in [0.1, 0.15) is 5.58 Å². The topological polar surface area (TPSA) is 38.9 Å². The largest absolute Gasteiger partial charge is 0.501 e. The number of hydrogen-bond donors (Lipinski definition) is 0. The van der Waals surface area contributed by atoms with Crippen LogP contribution < -0.4 is 0 Å². The molecule has 303 valence electrons. The van der Waals surface area contributed by atoms with Gasteiger partial charge in [-0.25, -0.2) is 0 Å². The molecule has 3 nitrogen and oxygen atoms in total. The van der Waals surface area contributed by atoms with Gasteiger partial charge in [0.15, 0.2) is 0 Å². The summed E-state index contributed by atoms with van der Waals surface area (Å²) in [4.78, 5) is 9.09. The molecular weight excluding hydrogens is 909 g/mol. The Hall–Kier alpha value is -5.41. The summed E-state index contributed by atoms with van der Waals surface area (Å²) >= 11 is 0. The Bertz CT molecular complexity index is 3270. The van der Waals surface area contributed by atoms with Crippen LogP contribution in [-0.2, 0) is 25.5 Å². The number of aryl methyl sites for hydroxylation is 2. The first-order valence-corrected chi connectivity index (χ1v) is 20.5. The maximum absolute atomic E-state index is 9.41. The molecule has 0 spiro atoms. The summed E-state index contributed by atoms with van der Waals surface area (Å²) in [5.74, 6) is -0.975. The average Bonchev–Trinajstić information content (AvgIpc) is 3.66. The summed E-state index contributed by atoms with van der Waals surface area (Å²) in [5.41, 5.74) is 8.25. The fourth-order valence-electron chi connectivity index (χ4n) is 8.36. The number of furan rings is 1. The van der Waals surface area contributed by atoms with Gasteiger partial charge >= 0.3 is 0 Å². The van der Waals surface area contributed by atoms with Crippen molar-refractivity contribution in [1.82, 2.24) is 9.97 Å². The smallest absolute Gasteiger partial charge is 0.121 e. The number of hydrogen-bond acceptors (Lipinski definition) is 3. The summed E-state index contributed by atoms with van der Waals surface area (Å²) in [6.45, 7) is 6.37. The van der Waals surface area contributed by atoms with Gasteiger partial charge in [0, 0.05) is 47.5 Å². The van der Waals surface area contributed by atoms with E-state index in [2.05, 4.69) is 105 Å². The molecule has 3 heterocycles. The molecule has 0 atom stereocenters. The van der Waals surface area contributed by atoms with Crippen LogP contribution in [-0.4, -0.2) is 9.97 Å². The molecule has 60 heavy (non-hydrogen) atoms. The standard InChI is InChI=1S/C34H30NO.C22H22N.Ir/c1-21-20-35-31(18-28(21)23-13-15-34(2,3)16-14-23)27-10-6-9-26-30-17-24-12-11-22-7-4-5-8-25(22)29(24)19-32(30)36-33(26)27;1-16-10-11-18(14-20(16)17-8-6-5-7-9-17)21-15-19(12-13-23-21)22(2,3)4;/h4-9,11-12,17-20,23H,13-16H2,1-3H3;5-10,12-15H,1-4H3;/q2*-1;/i1D3,23D;1D3;. The van der Waals surface area contributed by atoms with Gasteiger partial charge in [0.2, 0.25) is 0 Å². The van der Waals surface area contributed by atoms with Crippen molar-refractivity contribution in [2.24, 2.45) is 5.41 Å². The van der Waals surface area contributed by atoms with Crippen molar-refractivity contribution in [3.63, 3.8) is 0 Å². The van der Waals surface area contributed by atoms with Crippen LogP contribution in [0.3, 0.4) is 0 Å². The van der Waals surface area contributed by atoms with E-state index in [0.717, 1.165) is 56.8 Å². The van der Waals surface area contributed by atoms with Crippen LogP contribution in [0.4, 0.5) is 0 Å². The SMILES string of the molecule is [2H]C([2H])([2H])c1c[c-]c(-c2cc(C(C)(C)C)ccn2)cc1-c1ccccc1.[2H]C([2H])([2H])c1cnc(-c2[c-]ccc3c2oc2cc4c(ccc5ccccc54)cc23)cc1C1([2H])CCC(C)(C)CC1.[Ir]. The van der Waals surface area contributed by atoms with E-state index < -0.39 is 19.6 Å². The van der Waals surface area contributed by atoms with Gasteiger partial charge in [0.25, 0.3) is 0 Å². The van der Waals surface area contributed by atoms with Crippen LogP contribution >= 0.6 is 0 Å². The molecule has 6 aromatic carbocycles. The van der Waals surface area contributed by atoms with E-state index in [1.165, 1.54) is 22.5 Å². The zero-order chi connectivity index (χ0) is 46.8. The normalized spacial score (nSPS) is 16.9. The third kappa shape index (κ3) is 8.21. The molecule has 1 aliphatic rings. The average molecular weight is 968 g/mol. The van der Waals surface area contributed by atoms with Crippen molar-refractivity contribution in [2.75, 3.05) is 0 Å². The van der Waals surface area contributed by atoms with Crippen LogP contribution in [0.15, 0.2) is 138 Å². The van der Waals surface area contributed by atoms with Crippen molar-refractivity contribution in [3.05, 3.63) is 168 Å². The monoisotopic (exact) mass is 968 g/mol. The summed E-state index contributed by atoms with van der Waals surface area (Å²) in [5, 5.41) is 6.61. The zero-order valence-corrected chi connectivity index (χ0v) is 37.1. The number of nitrogens with zero attached hydrogens (tertiary/aromatic N) is 2. The van der Waals surface area contributed by atoms with Crippen LogP contribution in [0.1, 0.15) is 98.0 Å². The second-order valence-corrected chi connectivity index (χ2v) is 17.7.